The number of esters is 2. The van der Waals surface area contributed by atoms with Crippen LogP contribution in [0.5, 0.6) is 0 Å². The summed E-state index contributed by atoms with van der Waals surface area (Å²) in [7, 11) is 2.59. The molecule has 102 heavy (non-hydrogen) atoms. The Labute approximate surface area is 600 Å². The number of hydrogen-bond donors (Lipinski definition) is 4. The Balaban J connectivity index is 0.000000182. The highest BCUT2D eigenvalue weighted by molar-refractivity contribution is 7.12. The van der Waals surface area contributed by atoms with Crippen LogP contribution in [-0.2, 0) is 24.6 Å². The summed E-state index contributed by atoms with van der Waals surface area (Å²) in [5, 5.41) is 30.1. The number of ether oxygens (including phenoxy) is 2. The van der Waals surface area contributed by atoms with Crippen LogP contribution < -0.4 is 15.5 Å². The zero-order valence-corrected chi connectivity index (χ0v) is 58.2. The molecule has 4 atom stereocenters. The summed E-state index contributed by atoms with van der Waals surface area (Å²) in [6.07, 6.45) is 4.83. The molecule has 4 saturated heterocycles. The minimum absolute atomic E-state index is 0.0301. The number of piperazine rings is 2. The number of carbonyl (C=O) groups is 6. The summed E-state index contributed by atoms with van der Waals surface area (Å²) in [5.41, 5.74) is 5.54. The highest BCUT2D eigenvalue weighted by atomic mass is 35.5. The van der Waals surface area contributed by atoms with E-state index in [9.17, 15) is 47.0 Å². The first-order valence-electron chi connectivity index (χ1n) is 32.1. The second-order valence-electron chi connectivity index (χ2n) is 25.2. The molecule has 4 N–H and O–H groups in total. The number of benzene rings is 5. The highest BCUT2D eigenvalue weighted by Crippen LogP contribution is 2.41. The third kappa shape index (κ3) is 14.2. The van der Waals surface area contributed by atoms with Crippen LogP contribution in [-0.4, -0.2) is 189 Å². The number of rotatable bonds is 17. The summed E-state index contributed by atoms with van der Waals surface area (Å²) in [6.45, 7) is 8.62. The Morgan fingerprint density at radius 1 is 0.588 bits per heavy atom. The van der Waals surface area contributed by atoms with Gasteiger partial charge in [0.1, 0.15) is 35.4 Å². The minimum atomic E-state index is -1.35. The van der Waals surface area contributed by atoms with E-state index in [-0.39, 0.29) is 57.4 Å². The number of urea groups is 2. The van der Waals surface area contributed by atoms with Gasteiger partial charge in [0.25, 0.3) is 0 Å². The topological polar surface area (TPSA) is 268 Å². The highest BCUT2D eigenvalue weighted by Gasteiger charge is 2.48. The Bertz CT molecular complexity index is 4740. The Hall–Kier alpha value is -10.4. The van der Waals surface area contributed by atoms with Crippen molar-refractivity contribution in [2.75, 3.05) is 84.6 Å². The quantitative estimate of drug-likeness (QED) is 0.0617. The molecule has 4 fully saturated rings. The lowest BCUT2D eigenvalue weighted by atomic mass is 9.90. The van der Waals surface area contributed by atoms with Gasteiger partial charge in [-0.15, -0.1) is 22.7 Å². The number of fused-ring (bicyclic) bond motifs is 2. The number of aliphatic imine (C=N–C) groups is 2. The average molecular weight is 1460 g/mol. The molecule has 5 aromatic carbocycles. The van der Waals surface area contributed by atoms with Crippen molar-refractivity contribution in [3.63, 3.8) is 0 Å². The minimum Gasteiger partial charge on any atom is -0.478 e. The number of carbonyl (C=O) groups excluding carboxylic acids is 4. The first kappa shape index (κ1) is 70.1. The second kappa shape index (κ2) is 29.3. The second-order valence-corrected chi connectivity index (χ2v) is 27.8. The Morgan fingerprint density at radius 2 is 1.09 bits per heavy atom. The molecule has 8 aromatic rings. The van der Waals surface area contributed by atoms with Crippen molar-refractivity contribution in [1.29, 1.82) is 0 Å². The number of amides is 4. The summed E-state index contributed by atoms with van der Waals surface area (Å²) in [6, 6.07) is 27.7. The lowest BCUT2D eigenvalue weighted by Gasteiger charge is -2.38. The van der Waals surface area contributed by atoms with Crippen molar-refractivity contribution in [2.45, 2.75) is 43.6 Å². The van der Waals surface area contributed by atoms with E-state index < -0.39 is 64.5 Å². The molecular weight excluding hydrogens is 1400 g/mol. The molecule has 30 heteroatoms. The zero-order chi connectivity index (χ0) is 71.8. The Kier molecular flexibility index (Phi) is 20.1. The maximum atomic E-state index is 14.3. The van der Waals surface area contributed by atoms with Gasteiger partial charge in [0.15, 0.2) is 21.7 Å². The van der Waals surface area contributed by atoms with Gasteiger partial charge in [-0.1, -0.05) is 77.8 Å². The Morgan fingerprint density at radius 3 is 1.55 bits per heavy atom. The fourth-order valence-electron chi connectivity index (χ4n) is 13.5. The standard InChI is InChI=1S/C38H36ClFN6O5S.C34H28ClF2N7O5S/c1-38(2,25-10-8-23(9-11-25)22-4-6-24(7-5-22)35(47)48)46-20-27-19-44(15-16-45(27)37(46)50)21-30-31(36(49)51-3)32(28-13-12-26(40)18-29(28)39)43-33(42-30)34-41-14-17-52-34;1-49-33(47)28-26(40-30(31-38-8-11-50-31)41-29(28)22-6-4-20(36)13-24(22)35)17-42-9-10-43-21(15-42)16-44(34(43)48)27-7-3-19(14-39-27)18-2-5-23(32(45)46)25(37)12-18/h4-14,17-18,27,32H,15-16,19-21H2,1-3H3,(H,42,43)(H,47,48);2-8,11-14,21,29H,9-10,15-17H2,1H3,(H,40,41)(H,45,46)/t27-,32-;21-,29-/m00/s1. The van der Waals surface area contributed by atoms with Crippen molar-refractivity contribution >= 4 is 99.3 Å². The number of carboxylic acids is 2. The number of pyridine rings is 1. The molecule has 0 radical (unpaired) electrons. The molecule has 3 aromatic heterocycles. The molecule has 0 unspecified atom stereocenters. The van der Waals surface area contributed by atoms with Crippen LogP contribution in [0, 0.1) is 17.5 Å². The van der Waals surface area contributed by atoms with Crippen molar-refractivity contribution in [1.82, 2.24) is 50.1 Å². The number of nitrogens with one attached hydrogen (secondary N) is 2. The number of anilines is 1. The van der Waals surface area contributed by atoms with E-state index in [2.05, 4.69) is 35.4 Å². The van der Waals surface area contributed by atoms with E-state index in [0.717, 1.165) is 22.8 Å². The predicted octanol–water partition coefficient (Wildman–Crippen LogP) is 11.2. The van der Waals surface area contributed by atoms with Gasteiger partial charge in [-0.2, -0.15) is 0 Å². The SMILES string of the molecule is COC(=O)C1=C(CN2CCN3C(=O)N(C(C)(C)c4ccc(-c5ccc(C(=O)O)cc5)cc4)C[C@@H]3C2)NC(c2nccs2)=N[C@H]1c1ccc(F)cc1Cl.COC(=O)C1=C(CN2CCN3C(=O)N(c4ccc(-c5ccc(C(=O)O)c(F)c5)cn4)C[C@@H]3C2)NC(c2nccs2)=N[C@H]1c1ccc(F)cc1Cl. The molecule has 0 spiro atoms. The summed E-state index contributed by atoms with van der Waals surface area (Å²) in [4.78, 5) is 111. The number of aromatic nitrogens is 3. The lowest BCUT2D eigenvalue weighted by Crippen LogP contribution is -2.53. The molecular formula is C72H64Cl2F3N13O10S2. The van der Waals surface area contributed by atoms with E-state index in [1.165, 1.54) is 91.6 Å². The van der Waals surface area contributed by atoms with Crippen LogP contribution in [0.25, 0.3) is 22.3 Å². The summed E-state index contributed by atoms with van der Waals surface area (Å²) < 4.78 is 52.8. The molecule has 23 nitrogen and oxygen atoms in total. The number of halogens is 5. The number of aromatic carboxylic acids is 2. The summed E-state index contributed by atoms with van der Waals surface area (Å²) in [5.74, 6) is -4.07. The van der Waals surface area contributed by atoms with Crippen LogP contribution >= 0.6 is 45.9 Å². The smallest absolute Gasteiger partial charge is 0.338 e. The van der Waals surface area contributed by atoms with Gasteiger partial charge in [-0.3, -0.25) is 24.7 Å². The molecule has 4 amide bonds. The van der Waals surface area contributed by atoms with E-state index in [0.29, 0.717) is 120 Å². The van der Waals surface area contributed by atoms with Gasteiger partial charge in [-0.25, -0.2) is 56.9 Å². The molecule has 0 aliphatic carbocycles. The average Bonchev–Trinajstić information content (AvgIpc) is 1.36. The molecule has 524 valence electrons. The fourth-order valence-corrected chi connectivity index (χ4v) is 15.2. The first-order valence-corrected chi connectivity index (χ1v) is 34.6. The van der Waals surface area contributed by atoms with E-state index in [4.69, 9.17) is 47.8 Å². The number of thiazole rings is 2. The van der Waals surface area contributed by atoms with Gasteiger partial charge in [0.05, 0.1) is 60.7 Å². The maximum Gasteiger partial charge on any atom is 0.338 e. The molecule has 9 heterocycles. The summed E-state index contributed by atoms with van der Waals surface area (Å²) >= 11 is 15.8. The maximum absolute atomic E-state index is 14.3. The normalized spacial score (nSPS) is 19.3. The van der Waals surface area contributed by atoms with Crippen molar-refractivity contribution < 1.29 is 61.6 Å². The third-order valence-corrected chi connectivity index (χ3v) is 21.0. The largest absolute Gasteiger partial charge is 0.478 e. The number of amidine groups is 2. The van der Waals surface area contributed by atoms with E-state index in [1.54, 1.807) is 64.0 Å². The molecule has 6 aliphatic heterocycles. The first-order chi connectivity index (χ1) is 49.0. The molecule has 0 saturated carbocycles. The van der Waals surface area contributed by atoms with Crippen LogP contribution in [0.15, 0.2) is 177 Å². The van der Waals surface area contributed by atoms with Crippen LogP contribution in [0.1, 0.15) is 73.4 Å². The lowest BCUT2D eigenvalue weighted by molar-refractivity contribution is -0.137. The van der Waals surface area contributed by atoms with Crippen molar-refractivity contribution in [3.8, 4) is 22.3 Å². The number of nitrogens with zero attached hydrogens (tertiary/aromatic N) is 11. The monoisotopic (exact) mass is 1460 g/mol. The van der Waals surface area contributed by atoms with Gasteiger partial charge < -0.3 is 45.0 Å². The van der Waals surface area contributed by atoms with E-state index >= 15 is 0 Å². The van der Waals surface area contributed by atoms with Crippen molar-refractivity contribution in [3.05, 3.63) is 232 Å². The van der Waals surface area contributed by atoms with Gasteiger partial charge in [0.2, 0.25) is 0 Å². The zero-order valence-electron chi connectivity index (χ0n) is 55.0. The van der Waals surface area contributed by atoms with Crippen LogP contribution in [0.3, 0.4) is 0 Å². The van der Waals surface area contributed by atoms with E-state index in [1.807, 2.05) is 53.3 Å². The molecule has 0 bridgehead atoms. The molecule has 6 aliphatic rings. The third-order valence-electron chi connectivity index (χ3n) is 18.8. The number of methoxy groups -OCH3 is 2. The van der Waals surface area contributed by atoms with Crippen LogP contribution in [0.2, 0.25) is 10.0 Å². The molecule has 14 rings (SSSR count). The van der Waals surface area contributed by atoms with Gasteiger partial charge in [-0.05, 0) is 96.8 Å². The fraction of sp³-hybridized carbons (Fsp3) is 0.264. The number of carboxylic acid groups (broad SMARTS) is 2. The van der Waals surface area contributed by atoms with Crippen molar-refractivity contribution in [2.24, 2.45) is 9.98 Å². The predicted molar refractivity (Wildman–Crippen MR) is 377 cm³/mol. The van der Waals surface area contributed by atoms with Gasteiger partial charge >= 0.3 is 35.9 Å². The van der Waals surface area contributed by atoms with Gasteiger partial charge in [0, 0.05) is 126 Å². The van der Waals surface area contributed by atoms with Crippen LogP contribution in [0.4, 0.5) is 28.6 Å². The number of hydrogen-bond acceptors (Lipinski definition) is 19.